The van der Waals surface area contributed by atoms with Crippen LogP contribution in [0.3, 0.4) is 0 Å². The van der Waals surface area contributed by atoms with E-state index in [1.807, 2.05) is 55.5 Å². The highest BCUT2D eigenvalue weighted by Gasteiger charge is 2.15. The van der Waals surface area contributed by atoms with Crippen LogP contribution in [0.15, 0.2) is 48.5 Å². The van der Waals surface area contributed by atoms with E-state index in [1.54, 1.807) is 31.0 Å². The number of aryl methyl sites for hydroxylation is 1. The molecule has 0 spiro atoms. The van der Waals surface area contributed by atoms with Crippen molar-refractivity contribution in [2.45, 2.75) is 13.5 Å². The van der Waals surface area contributed by atoms with E-state index in [4.69, 9.17) is 4.74 Å². The lowest BCUT2D eigenvalue weighted by atomic mass is 10.2. The quantitative estimate of drug-likeness (QED) is 0.777. The molecule has 0 unspecified atom stereocenters. The number of nitrogens with one attached hydrogen (secondary N) is 1. The molecule has 2 aromatic rings. The molecular weight excluding hydrogens is 342 g/mol. The van der Waals surface area contributed by atoms with E-state index in [9.17, 15) is 9.59 Å². The van der Waals surface area contributed by atoms with Crippen LogP contribution in [0.2, 0.25) is 0 Å². The normalized spacial score (nSPS) is 10.6. The van der Waals surface area contributed by atoms with Crippen LogP contribution in [-0.2, 0) is 16.1 Å². The predicted molar refractivity (Wildman–Crippen MR) is 107 cm³/mol. The maximum Gasteiger partial charge on any atom is 0.238 e. The molecule has 0 aliphatic carbocycles. The van der Waals surface area contributed by atoms with E-state index in [2.05, 4.69) is 5.32 Å². The van der Waals surface area contributed by atoms with Crippen LogP contribution >= 0.6 is 0 Å². The topological polar surface area (TPSA) is 61.9 Å². The number of nitrogens with zero attached hydrogens (tertiary/aromatic N) is 2. The third kappa shape index (κ3) is 6.75. The summed E-state index contributed by atoms with van der Waals surface area (Å²) in [6.07, 6.45) is 0. The molecule has 0 aliphatic rings. The molecule has 0 saturated heterocycles. The molecule has 0 heterocycles. The van der Waals surface area contributed by atoms with Crippen molar-refractivity contribution in [1.29, 1.82) is 0 Å². The second-order valence-electron chi connectivity index (χ2n) is 6.69. The minimum atomic E-state index is -0.149. The zero-order chi connectivity index (χ0) is 19.8. The number of likely N-dealkylation sites (N-methyl/N-ethyl adjacent to an activating group) is 2. The van der Waals surface area contributed by atoms with Crippen molar-refractivity contribution in [1.82, 2.24) is 9.80 Å². The first kappa shape index (κ1) is 20.5. The van der Waals surface area contributed by atoms with Gasteiger partial charge in [-0.25, -0.2) is 0 Å². The average Bonchev–Trinajstić information content (AvgIpc) is 2.63. The minimum Gasteiger partial charge on any atom is -0.497 e. The largest absolute Gasteiger partial charge is 0.497 e. The molecule has 6 heteroatoms. The van der Waals surface area contributed by atoms with Gasteiger partial charge in [0.25, 0.3) is 0 Å². The van der Waals surface area contributed by atoms with Crippen LogP contribution in [0, 0.1) is 6.92 Å². The van der Waals surface area contributed by atoms with Crippen LogP contribution in [0.4, 0.5) is 5.69 Å². The zero-order valence-corrected chi connectivity index (χ0v) is 16.4. The summed E-state index contributed by atoms with van der Waals surface area (Å²) in [5.74, 6) is 0.561. The summed E-state index contributed by atoms with van der Waals surface area (Å²) in [5, 5.41) is 2.84. The average molecular weight is 369 g/mol. The Bertz CT molecular complexity index is 774. The Kier molecular flexibility index (Phi) is 7.37. The van der Waals surface area contributed by atoms with Gasteiger partial charge in [-0.1, -0.05) is 29.8 Å². The summed E-state index contributed by atoms with van der Waals surface area (Å²) in [5.41, 5.74) is 2.88. The maximum atomic E-state index is 12.4. The van der Waals surface area contributed by atoms with Gasteiger partial charge in [0.2, 0.25) is 11.8 Å². The summed E-state index contributed by atoms with van der Waals surface area (Å²) in [6, 6.07) is 15.2. The molecule has 0 radical (unpaired) electrons. The number of hydrogen-bond donors (Lipinski definition) is 1. The number of ether oxygens (including phenoxy) is 1. The van der Waals surface area contributed by atoms with Crippen LogP contribution in [-0.4, -0.2) is 55.9 Å². The lowest BCUT2D eigenvalue weighted by Crippen LogP contribution is -2.39. The smallest absolute Gasteiger partial charge is 0.238 e. The SMILES string of the molecule is COc1cccc(CN(C)C(=O)CN(C)CC(=O)Nc2ccc(C)cc2)c1. The van der Waals surface area contributed by atoms with Crippen molar-refractivity contribution in [2.24, 2.45) is 0 Å². The fourth-order valence-electron chi connectivity index (χ4n) is 2.62. The Labute approximate surface area is 160 Å². The van der Waals surface area contributed by atoms with Crippen molar-refractivity contribution in [3.8, 4) is 5.75 Å². The van der Waals surface area contributed by atoms with E-state index in [0.717, 1.165) is 22.6 Å². The van der Waals surface area contributed by atoms with E-state index < -0.39 is 0 Å². The van der Waals surface area contributed by atoms with Gasteiger partial charge >= 0.3 is 0 Å². The molecule has 2 rings (SSSR count). The van der Waals surface area contributed by atoms with E-state index in [-0.39, 0.29) is 24.9 Å². The van der Waals surface area contributed by atoms with Gasteiger partial charge in [-0.3, -0.25) is 14.5 Å². The highest BCUT2D eigenvalue weighted by atomic mass is 16.5. The van der Waals surface area contributed by atoms with Crippen LogP contribution in [0.5, 0.6) is 5.75 Å². The standard InChI is InChI=1S/C21H27N3O3/c1-16-8-10-18(11-9-16)22-20(25)14-23(2)15-21(26)24(3)13-17-6-5-7-19(12-17)27-4/h5-12H,13-15H2,1-4H3,(H,22,25). The zero-order valence-electron chi connectivity index (χ0n) is 16.4. The number of amides is 2. The van der Waals surface area contributed by atoms with E-state index in [1.165, 1.54) is 0 Å². The Morgan fingerprint density at radius 2 is 1.74 bits per heavy atom. The number of methoxy groups -OCH3 is 1. The molecular formula is C21H27N3O3. The molecule has 6 nitrogen and oxygen atoms in total. The summed E-state index contributed by atoms with van der Waals surface area (Å²) >= 11 is 0. The van der Waals surface area contributed by atoms with Crippen molar-refractivity contribution in [3.63, 3.8) is 0 Å². The molecule has 0 saturated carbocycles. The van der Waals surface area contributed by atoms with Gasteiger partial charge in [-0.15, -0.1) is 0 Å². The second kappa shape index (κ2) is 9.73. The third-order valence-corrected chi connectivity index (χ3v) is 4.13. The number of rotatable bonds is 8. The Morgan fingerprint density at radius 3 is 2.41 bits per heavy atom. The number of hydrogen-bond acceptors (Lipinski definition) is 4. The monoisotopic (exact) mass is 369 g/mol. The first-order valence-corrected chi connectivity index (χ1v) is 8.79. The minimum absolute atomic E-state index is 0.0524. The highest BCUT2D eigenvalue weighted by Crippen LogP contribution is 2.14. The Hall–Kier alpha value is -2.86. The predicted octanol–water partition coefficient (Wildman–Crippen LogP) is 2.53. The van der Waals surface area contributed by atoms with Gasteiger partial charge in [-0.2, -0.15) is 0 Å². The molecule has 2 aromatic carbocycles. The molecule has 0 aromatic heterocycles. The Morgan fingerprint density at radius 1 is 1.04 bits per heavy atom. The summed E-state index contributed by atoms with van der Waals surface area (Å²) in [6.45, 7) is 2.79. The first-order valence-electron chi connectivity index (χ1n) is 8.79. The van der Waals surface area contributed by atoms with Crippen LogP contribution in [0.1, 0.15) is 11.1 Å². The molecule has 1 N–H and O–H groups in total. The number of carbonyl (C=O) groups excluding carboxylic acids is 2. The fourth-order valence-corrected chi connectivity index (χ4v) is 2.62. The molecule has 27 heavy (non-hydrogen) atoms. The maximum absolute atomic E-state index is 12.4. The molecule has 144 valence electrons. The van der Waals surface area contributed by atoms with Crippen molar-refractivity contribution < 1.29 is 14.3 Å². The van der Waals surface area contributed by atoms with Gasteiger partial charge in [0, 0.05) is 19.3 Å². The van der Waals surface area contributed by atoms with Gasteiger partial charge < -0.3 is 15.0 Å². The fraction of sp³-hybridized carbons (Fsp3) is 0.333. The summed E-state index contributed by atoms with van der Waals surface area (Å²) in [4.78, 5) is 27.9. The number of carbonyl (C=O) groups is 2. The van der Waals surface area contributed by atoms with Gasteiger partial charge in [0.05, 0.1) is 20.2 Å². The number of benzene rings is 2. The lowest BCUT2D eigenvalue weighted by molar-refractivity contribution is -0.131. The summed E-state index contributed by atoms with van der Waals surface area (Å²) < 4.78 is 5.20. The van der Waals surface area contributed by atoms with Crippen molar-refractivity contribution >= 4 is 17.5 Å². The lowest BCUT2D eigenvalue weighted by Gasteiger charge is -2.22. The van der Waals surface area contributed by atoms with Gasteiger partial charge in [-0.05, 0) is 43.8 Å². The Balaban J connectivity index is 1.81. The summed E-state index contributed by atoms with van der Waals surface area (Å²) in [7, 11) is 5.12. The van der Waals surface area contributed by atoms with E-state index >= 15 is 0 Å². The van der Waals surface area contributed by atoms with Crippen LogP contribution in [0.25, 0.3) is 0 Å². The number of anilines is 1. The molecule has 2 amide bonds. The molecule has 0 atom stereocenters. The van der Waals surface area contributed by atoms with Crippen LogP contribution < -0.4 is 10.1 Å². The third-order valence-electron chi connectivity index (χ3n) is 4.13. The first-order chi connectivity index (χ1) is 12.9. The molecule has 0 aliphatic heterocycles. The second-order valence-corrected chi connectivity index (χ2v) is 6.69. The highest BCUT2D eigenvalue weighted by molar-refractivity contribution is 5.92. The van der Waals surface area contributed by atoms with Gasteiger partial charge in [0.15, 0.2) is 0 Å². The van der Waals surface area contributed by atoms with E-state index in [0.29, 0.717) is 6.54 Å². The van der Waals surface area contributed by atoms with Crippen molar-refractivity contribution in [3.05, 3.63) is 59.7 Å². The molecule has 0 fully saturated rings. The molecule has 0 bridgehead atoms. The van der Waals surface area contributed by atoms with Crippen molar-refractivity contribution in [2.75, 3.05) is 39.6 Å². The van der Waals surface area contributed by atoms with Gasteiger partial charge in [0.1, 0.15) is 5.75 Å².